The van der Waals surface area contributed by atoms with Gasteiger partial charge in [0, 0.05) is 5.56 Å². The molecule has 0 N–H and O–H groups in total. The van der Waals surface area contributed by atoms with Gasteiger partial charge in [-0.15, -0.1) is 0 Å². The molecule has 2 heterocycles. The predicted octanol–water partition coefficient (Wildman–Crippen LogP) is 2.65. The molecule has 0 aliphatic heterocycles. The van der Waals surface area contributed by atoms with E-state index in [1.165, 1.54) is 6.33 Å². The highest BCUT2D eigenvalue weighted by atomic mass is 35.5. The monoisotopic (exact) mass is 254 g/mol. The molecule has 17 heavy (non-hydrogen) atoms. The van der Waals surface area contributed by atoms with Crippen molar-refractivity contribution in [2.45, 2.75) is 39.7 Å². The van der Waals surface area contributed by atoms with Crippen LogP contribution in [0.15, 0.2) is 6.33 Å². The summed E-state index contributed by atoms with van der Waals surface area (Å²) in [4.78, 5) is 8.13. The maximum Gasteiger partial charge on any atom is 0.256 e. The Balaban J connectivity index is 2.43. The van der Waals surface area contributed by atoms with Gasteiger partial charge in [0.1, 0.15) is 11.5 Å². The summed E-state index contributed by atoms with van der Waals surface area (Å²) in [5.41, 5.74) is 0.785. The van der Waals surface area contributed by atoms with E-state index in [0.717, 1.165) is 18.4 Å². The molecule has 0 radical (unpaired) electrons. The highest BCUT2D eigenvalue weighted by molar-refractivity contribution is 6.30. The van der Waals surface area contributed by atoms with Crippen molar-refractivity contribution in [3.8, 4) is 5.88 Å². The number of rotatable bonds is 4. The molecule has 0 bridgehead atoms. The van der Waals surface area contributed by atoms with Crippen LogP contribution in [-0.4, -0.2) is 25.7 Å². The second kappa shape index (κ2) is 4.87. The zero-order valence-electron chi connectivity index (χ0n) is 10.1. The maximum atomic E-state index is 6.04. The second-order valence-electron chi connectivity index (χ2n) is 4.02. The van der Waals surface area contributed by atoms with Crippen LogP contribution in [-0.2, 0) is 0 Å². The van der Waals surface area contributed by atoms with Crippen LogP contribution >= 0.6 is 11.6 Å². The molecule has 6 heteroatoms. The van der Waals surface area contributed by atoms with E-state index in [0.29, 0.717) is 16.8 Å². The molecule has 92 valence electrons. The lowest BCUT2D eigenvalue weighted by molar-refractivity contribution is 0.194. The van der Waals surface area contributed by atoms with E-state index in [9.17, 15) is 0 Å². The van der Waals surface area contributed by atoms with Crippen LogP contribution in [0.1, 0.15) is 32.3 Å². The lowest BCUT2D eigenvalue weighted by atomic mass is 10.2. The van der Waals surface area contributed by atoms with Crippen molar-refractivity contribution >= 4 is 17.4 Å². The summed E-state index contributed by atoms with van der Waals surface area (Å²) in [5.74, 6) is 1.08. The molecule has 1 unspecified atom stereocenters. The normalized spacial score (nSPS) is 12.9. The number of aromatic nitrogens is 4. The Labute approximate surface area is 105 Å². The smallest absolute Gasteiger partial charge is 0.256 e. The average molecular weight is 255 g/mol. The molecule has 0 saturated carbocycles. The topological polar surface area (TPSA) is 52.3 Å². The van der Waals surface area contributed by atoms with Gasteiger partial charge < -0.3 is 4.74 Å². The van der Waals surface area contributed by atoms with Gasteiger partial charge in [-0.3, -0.25) is 0 Å². The van der Waals surface area contributed by atoms with E-state index < -0.39 is 0 Å². The molecule has 0 aliphatic rings. The van der Waals surface area contributed by atoms with Gasteiger partial charge in [-0.1, -0.05) is 24.9 Å². The molecule has 5 nitrogen and oxygen atoms in total. The molecule has 0 aromatic carbocycles. The Morgan fingerprint density at radius 1 is 1.53 bits per heavy atom. The minimum atomic E-state index is 0.115. The van der Waals surface area contributed by atoms with Crippen molar-refractivity contribution in [3.05, 3.63) is 17.0 Å². The zero-order chi connectivity index (χ0) is 12.4. The van der Waals surface area contributed by atoms with Gasteiger partial charge in [-0.05, 0) is 20.3 Å². The van der Waals surface area contributed by atoms with E-state index in [4.69, 9.17) is 16.3 Å². The third-order valence-corrected chi connectivity index (χ3v) is 2.93. The van der Waals surface area contributed by atoms with Gasteiger partial charge in [0.25, 0.3) is 5.78 Å². The van der Waals surface area contributed by atoms with Crippen molar-refractivity contribution < 1.29 is 4.74 Å². The Bertz CT molecular complexity index is 525. The van der Waals surface area contributed by atoms with Crippen LogP contribution < -0.4 is 4.74 Å². The number of hydrogen-bond donors (Lipinski definition) is 0. The quantitative estimate of drug-likeness (QED) is 0.787. The molecule has 0 amide bonds. The molecular weight excluding hydrogens is 240 g/mol. The summed E-state index contributed by atoms with van der Waals surface area (Å²) in [6.07, 6.45) is 3.61. The number of ether oxygens (including phenoxy) is 1. The van der Waals surface area contributed by atoms with Gasteiger partial charge >= 0.3 is 0 Å². The van der Waals surface area contributed by atoms with Gasteiger partial charge in [0.05, 0.1) is 6.10 Å². The third-order valence-electron chi connectivity index (χ3n) is 2.56. The highest BCUT2D eigenvalue weighted by Gasteiger charge is 2.15. The lowest BCUT2D eigenvalue weighted by Gasteiger charge is -2.16. The van der Waals surface area contributed by atoms with E-state index in [1.54, 1.807) is 4.52 Å². The molecule has 0 spiro atoms. The van der Waals surface area contributed by atoms with Crippen LogP contribution in [0.25, 0.3) is 5.78 Å². The molecular formula is C11H15ClN4O. The van der Waals surface area contributed by atoms with Crippen molar-refractivity contribution in [3.63, 3.8) is 0 Å². The number of halogens is 1. The summed E-state index contributed by atoms with van der Waals surface area (Å²) in [6.45, 7) is 6.02. The molecule has 0 saturated heterocycles. The summed E-state index contributed by atoms with van der Waals surface area (Å²) < 4.78 is 7.45. The van der Waals surface area contributed by atoms with Crippen LogP contribution in [0.3, 0.4) is 0 Å². The summed E-state index contributed by atoms with van der Waals surface area (Å²) in [5, 5.41) is 4.50. The first-order valence-electron chi connectivity index (χ1n) is 5.66. The van der Waals surface area contributed by atoms with Crippen molar-refractivity contribution in [2.24, 2.45) is 0 Å². The minimum absolute atomic E-state index is 0.115. The van der Waals surface area contributed by atoms with Gasteiger partial charge in [0.15, 0.2) is 0 Å². The fourth-order valence-electron chi connectivity index (χ4n) is 1.67. The van der Waals surface area contributed by atoms with Gasteiger partial charge in [-0.25, -0.2) is 0 Å². The maximum absolute atomic E-state index is 6.04. The second-order valence-corrected chi connectivity index (χ2v) is 4.38. The van der Waals surface area contributed by atoms with Crippen LogP contribution in [0.4, 0.5) is 0 Å². The molecule has 2 aromatic heterocycles. The molecule has 2 rings (SSSR count). The predicted molar refractivity (Wildman–Crippen MR) is 65.5 cm³/mol. The number of nitrogens with zero attached hydrogens (tertiary/aromatic N) is 4. The van der Waals surface area contributed by atoms with E-state index in [-0.39, 0.29) is 6.10 Å². The molecule has 0 fully saturated rings. The Kier molecular flexibility index (Phi) is 3.47. The van der Waals surface area contributed by atoms with Crippen molar-refractivity contribution in [1.29, 1.82) is 0 Å². The summed E-state index contributed by atoms with van der Waals surface area (Å²) in [6, 6.07) is 0. The van der Waals surface area contributed by atoms with E-state index in [1.807, 2.05) is 13.8 Å². The van der Waals surface area contributed by atoms with Crippen molar-refractivity contribution in [1.82, 2.24) is 19.6 Å². The molecule has 0 aliphatic carbocycles. The Hall–Kier alpha value is -1.36. The van der Waals surface area contributed by atoms with Crippen LogP contribution in [0.2, 0.25) is 5.15 Å². The largest absolute Gasteiger partial charge is 0.474 e. The number of fused-ring (bicyclic) bond motifs is 1. The first-order chi connectivity index (χ1) is 8.13. The minimum Gasteiger partial charge on any atom is -0.474 e. The first-order valence-corrected chi connectivity index (χ1v) is 6.03. The fraction of sp³-hybridized carbons (Fsp3) is 0.545. The van der Waals surface area contributed by atoms with Crippen LogP contribution in [0, 0.1) is 6.92 Å². The van der Waals surface area contributed by atoms with E-state index >= 15 is 0 Å². The van der Waals surface area contributed by atoms with E-state index in [2.05, 4.69) is 22.0 Å². The Morgan fingerprint density at radius 2 is 2.29 bits per heavy atom. The molecule has 2 aromatic rings. The van der Waals surface area contributed by atoms with Crippen LogP contribution in [0.5, 0.6) is 5.88 Å². The summed E-state index contributed by atoms with van der Waals surface area (Å²) >= 11 is 6.04. The first kappa shape index (κ1) is 12.1. The highest BCUT2D eigenvalue weighted by Crippen LogP contribution is 2.25. The standard InChI is InChI=1S/C11H15ClN4O/c1-4-5-7(2)17-10-8(3)9(12)15-11-13-6-14-16(10)11/h6-7H,4-5H2,1-3H3. The Morgan fingerprint density at radius 3 is 3.00 bits per heavy atom. The fourth-order valence-corrected chi connectivity index (χ4v) is 1.82. The van der Waals surface area contributed by atoms with Gasteiger partial charge in [0.2, 0.25) is 5.88 Å². The zero-order valence-corrected chi connectivity index (χ0v) is 10.9. The number of hydrogen-bond acceptors (Lipinski definition) is 4. The van der Waals surface area contributed by atoms with Crippen molar-refractivity contribution in [2.75, 3.05) is 0 Å². The SMILES string of the molecule is CCCC(C)Oc1c(C)c(Cl)nc2ncnn12. The summed E-state index contributed by atoms with van der Waals surface area (Å²) in [7, 11) is 0. The third kappa shape index (κ3) is 2.34. The average Bonchev–Trinajstić information content (AvgIpc) is 2.72. The molecule has 1 atom stereocenters. The lowest BCUT2D eigenvalue weighted by Crippen LogP contribution is -2.15. The van der Waals surface area contributed by atoms with Gasteiger partial charge in [-0.2, -0.15) is 19.6 Å².